The van der Waals surface area contributed by atoms with Crippen LogP contribution in [0.1, 0.15) is 56.2 Å². The van der Waals surface area contributed by atoms with Crippen molar-refractivity contribution in [2.45, 2.75) is 45.1 Å². The molecule has 1 heterocycles. The quantitative estimate of drug-likeness (QED) is 0.204. The molecule has 3 N–H and O–H groups in total. The molecule has 4 rings (SSSR count). The van der Waals surface area contributed by atoms with E-state index >= 15 is 0 Å². The molecule has 0 bridgehead atoms. The van der Waals surface area contributed by atoms with E-state index in [4.69, 9.17) is 0 Å². The number of rotatable bonds is 10. The number of likely N-dealkylation sites (tertiary alicyclic amines) is 1. The number of urea groups is 1. The molecule has 0 radical (unpaired) electrons. The molecule has 1 aliphatic heterocycles. The maximum absolute atomic E-state index is 12.9. The topological polar surface area (TPSA) is 117 Å². The highest BCUT2D eigenvalue weighted by Gasteiger charge is 2.23. The lowest BCUT2D eigenvalue weighted by Gasteiger charge is -2.33. The Morgan fingerprint density at radius 1 is 0.950 bits per heavy atom. The zero-order chi connectivity index (χ0) is 28.5. The minimum absolute atomic E-state index is 0.0178. The number of anilines is 2. The van der Waals surface area contributed by atoms with E-state index in [-0.39, 0.29) is 29.2 Å². The number of nitrogens with zero attached hydrogens (tertiary/aromatic N) is 2. The van der Waals surface area contributed by atoms with E-state index < -0.39 is 11.0 Å². The third kappa shape index (κ3) is 7.89. The van der Waals surface area contributed by atoms with Crippen LogP contribution < -0.4 is 16.0 Å². The minimum Gasteiger partial charge on any atom is -0.331 e. The average Bonchev–Trinajstić information content (AvgIpc) is 2.96. The molecule has 0 aromatic heterocycles. The van der Waals surface area contributed by atoms with Gasteiger partial charge in [-0.1, -0.05) is 68.4 Å². The number of nitro benzene ring substituents is 1. The lowest BCUT2D eigenvalue weighted by molar-refractivity contribution is -0.383. The van der Waals surface area contributed by atoms with Crippen molar-refractivity contribution in [1.29, 1.82) is 0 Å². The van der Waals surface area contributed by atoms with Crippen molar-refractivity contribution in [2.24, 2.45) is 5.92 Å². The second-order valence-corrected chi connectivity index (χ2v) is 10.5. The Morgan fingerprint density at radius 2 is 1.65 bits per heavy atom. The van der Waals surface area contributed by atoms with Gasteiger partial charge in [0, 0.05) is 24.2 Å². The van der Waals surface area contributed by atoms with E-state index in [0.29, 0.717) is 12.3 Å². The lowest BCUT2D eigenvalue weighted by Crippen LogP contribution is -2.38. The van der Waals surface area contributed by atoms with Gasteiger partial charge in [0.2, 0.25) is 5.91 Å². The van der Waals surface area contributed by atoms with Crippen LogP contribution in [0.15, 0.2) is 78.9 Å². The molecular formula is C31H37N5O4. The van der Waals surface area contributed by atoms with Crippen LogP contribution in [0.5, 0.6) is 0 Å². The van der Waals surface area contributed by atoms with E-state index in [1.807, 2.05) is 56.3 Å². The molecule has 9 nitrogen and oxygen atoms in total. The largest absolute Gasteiger partial charge is 0.331 e. The molecule has 1 atom stereocenters. The SMILES string of the molecule is CC(C)C(=O)Nc1cccc(C2CCN(CCC(NC(=O)Nc3ccccc3[N+](=O)[O-])c3ccccc3)CC2)c1. The van der Waals surface area contributed by atoms with Gasteiger partial charge >= 0.3 is 6.03 Å². The maximum Gasteiger partial charge on any atom is 0.319 e. The third-order valence-corrected chi connectivity index (χ3v) is 7.33. The van der Waals surface area contributed by atoms with Crippen LogP contribution in [0.25, 0.3) is 0 Å². The van der Waals surface area contributed by atoms with Gasteiger partial charge in [0.1, 0.15) is 5.69 Å². The molecule has 1 fully saturated rings. The van der Waals surface area contributed by atoms with Crippen LogP contribution in [0.4, 0.5) is 21.9 Å². The van der Waals surface area contributed by atoms with Crippen LogP contribution in [0.2, 0.25) is 0 Å². The first kappa shape index (κ1) is 28.8. The highest BCUT2D eigenvalue weighted by Crippen LogP contribution is 2.30. The van der Waals surface area contributed by atoms with E-state index in [0.717, 1.165) is 43.7 Å². The first-order chi connectivity index (χ1) is 19.3. The van der Waals surface area contributed by atoms with Gasteiger partial charge in [0.05, 0.1) is 11.0 Å². The number of piperidine rings is 1. The van der Waals surface area contributed by atoms with E-state index in [1.54, 1.807) is 12.1 Å². The maximum atomic E-state index is 12.9. The standard InChI is InChI=1S/C31H37N5O4/c1-22(2)30(37)32-26-12-8-11-25(21-26)23-15-18-35(19-16-23)20-17-27(24-9-4-3-5-10-24)33-31(38)34-28-13-6-7-14-29(28)36(39)40/h3-14,21-23,27H,15-20H2,1-2H3,(H,32,37)(H2,33,34,38). The van der Waals surface area contributed by atoms with Gasteiger partial charge in [-0.05, 0) is 67.6 Å². The molecular weight excluding hydrogens is 506 g/mol. The third-order valence-electron chi connectivity index (χ3n) is 7.33. The first-order valence-corrected chi connectivity index (χ1v) is 13.8. The van der Waals surface area contributed by atoms with E-state index in [2.05, 4.69) is 33.0 Å². The molecule has 0 saturated carbocycles. The summed E-state index contributed by atoms with van der Waals surface area (Å²) in [6.45, 7) is 6.46. The Balaban J connectivity index is 1.33. The zero-order valence-corrected chi connectivity index (χ0v) is 23.0. The Morgan fingerprint density at radius 3 is 2.35 bits per heavy atom. The normalized spacial score (nSPS) is 14.9. The number of hydrogen-bond acceptors (Lipinski definition) is 5. The summed E-state index contributed by atoms with van der Waals surface area (Å²) >= 11 is 0. The molecule has 3 aromatic carbocycles. The summed E-state index contributed by atoms with van der Waals surface area (Å²) in [6.07, 6.45) is 2.74. The number of nitro groups is 1. The number of nitrogens with one attached hydrogen (secondary N) is 3. The van der Waals surface area contributed by atoms with Crippen LogP contribution >= 0.6 is 0 Å². The fourth-order valence-corrected chi connectivity index (χ4v) is 5.02. The van der Waals surface area contributed by atoms with Crippen LogP contribution in [-0.4, -0.2) is 41.4 Å². The predicted octanol–water partition coefficient (Wildman–Crippen LogP) is 6.32. The van der Waals surface area contributed by atoms with Crippen molar-refractivity contribution < 1.29 is 14.5 Å². The Labute approximate surface area is 235 Å². The lowest BCUT2D eigenvalue weighted by atomic mass is 9.89. The van der Waals surface area contributed by atoms with Gasteiger partial charge in [-0.25, -0.2) is 4.79 Å². The molecule has 1 saturated heterocycles. The van der Waals surface area contributed by atoms with Gasteiger partial charge in [-0.3, -0.25) is 14.9 Å². The van der Waals surface area contributed by atoms with E-state index in [1.165, 1.54) is 17.7 Å². The van der Waals surface area contributed by atoms with Gasteiger partial charge < -0.3 is 20.9 Å². The van der Waals surface area contributed by atoms with Crippen molar-refractivity contribution in [3.8, 4) is 0 Å². The van der Waals surface area contributed by atoms with Crippen LogP contribution in [0.3, 0.4) is 0 Å². The molecule has 3 amide bonds. The Hall–Kier alpha value is -4.24. The van der Waals surface area contributed by atoms with Crippen molar-refractivity contribution in [2.75, 3.05) is 30.3 Å². The highest BCUT2D eigenvalue weighted by molar-refractivity contribution is 5.92. The molecule has 1 unspecified atom stereocenters. The van der Waals surface area contributed by atoms with E-state index in [9.17, 15) is 19.7 Å². The summed E-state index contributed by atoms with van der Waals surface area (Å²) in [7, 11) is 0. The smallest absolute Gasteiger partial charge is 0.319 e. The second kappa shape index (κ2) is 13.7. The molecule has 0 aliphatic carbocycles. The molecule has 1 aliphatic rings. The predicted molar refractivity (Wildman–Crippen MR) is 157 cm³/mol. The number of hydrogen-bond donors (Lipinski definition) is 3. The summed E-state index contributed by atoms with van der Waals surface area (Å²) in [5.74, 6) is 0.385. The van der Waals surface area contributed by atoms with Gasteiger partial charge in [-0.2, -0.15) is 0 Å². The van der Waals surface area contributed by atoms with Crippen LogP contribution in [0, 0.1) is 16.0 Å². The first-order valence-electron chi connectivity index (χ1n) is 13.8. The molecule has 40 heavy (non-hydrogen) atoms. The summed E-state index contributed by atoms with van der Waals surface area (Å²) in [5.41, 5.74) is 3.08. The van der Waals surface area contributed by atoms with Crippen molar-refractivity contribution >= 4 is 29.0 Å². The van der Waals surface area contributed by atoms with Crippen LogP contribution in [-0.2, 0) is 4.79 Å². The zero-order valence-electron chi connectivity index (χ0n) is 23.0. The number of carbonyl (C=O) groups is 2. The Kier molecular flexibility index (Phi) is 9.86. The van der Waals surface area contributed by atoms with Gasteiger partial charge in [0.25, 0.3) is 5.69 Å². The number of amides is 3. The monoisotopic (exact) mass is 543 g/mol. The molecule has 210 valence electrons. The number of benzene rings is 3. The van der Waals surface area contributed by atoms with Gasteiger partial charge in [-0.15, -0.1) is 0 Å². The fourth-order valence-electron chi connectivity index (χ4n) is 5.02. The highest BCUT2D eigenvalue weighted by atomic mass is 16.6. The molecule has 9 heteroatoms. The summed E-state index contributed by atoms with van der Waals surface area (Å²) in [4.78, 5) is 38.2. The summed E-state index contributed by atoms with van der Waals surface area (Å²) < 4.78 is 0. The molecule has 0 spiro atoms. The van der Waals surface area contributed by atoms with Crippen molar-refractivity contribution in [3.63, 3.8) is 0 Å². The van der Waals surface area contributed by atoms with Gasteiger partial charge in [0.15, 0.2) is 0 Å². The number of carbonyl (C=O) groups excluding carboxylic acids is 2. The summed E-state index contributed by atoms with van der Waals surface area (Å²) in [6, 6.07) is 23.3. The fraction of sp³-hybridized carbons (Fsp3) is 0.355. The summed E-state index contributed by atoms with van der Waals surface area (Å²) in [5, 5.41) is 20.0. The Bertz CT molecular complexity index is 1310. The molecule has 3 aromatic rings. The van der Waals surface area contributed by atoms with Crippen molar-refractivity contribution in [3.05, 3.63) is 100 Å². The average molecular weight is 544 g/mol. The second-order valence-electron chi connectivity index (χ2n) is 10.5. The van der Waals surface area contributed by atoms with Crippen molar-refractivity contribution in [1.82, 2.24) is 10.2 Å². The minimum atomic E-state index is -0.508. The number of para-hydroxylation sites is 2.